The van der Waals surface area contributed by atoms with Gasteiger partial charge in [-0.25, -0.2) is 4.98 Å². The highest BCUT2D eigenvalue weighted by atomic mass is 16.3. The number of pyridine rings is 1. The minimum Gasteiger partial charge on any atom is -0.392 e. The summed E-state index contributed by atoms with van der Waals surface area (Å²) >= 11 is 0. The molecule has 1 aliphatic rings. The van der Waals surface area contributed by atoms with Gasteiger partial charge in [-0.1, -0.05) is 13.3 Å². The zero-order valence-corrected chi connectivity index (χ0v) is 11.7. The number of aliphatic hydroxyl groups is 1. The summed E-state index contributed by atoms with van der Waals surface area (Å²) < 4.78 is 0. The van der Waals surface area contributed by atoms with E-state index in [0.717, 1.165) is 36.5 Å². The number of aliphatic hydroxyl groups excluding tert-OH is 1. The van der Waals surface area contributed by atoms with Gasteiger partial charge in [0.25, 0.3) is 0 Å². The van der Waals surface area contributed by atoms with Crippen LogP contribution >= 0.6 is 0 Å². The van der Waals surface area contributed by atoms with E-state index in [-0.39, 0.29) is 12.1 Å². The van der Waals surface area contributed by atoms with Gasteiger partial charge in [0.1, 0.15) is 5.82 Å². The third kappa shape index (κ3) is 2.66. The first-order valence-corrected chi connectivity index (χ1v) is 6.95. The van der Waals surface area contributed by atoms with Crippen LogP contribution in [0.25, 0.3) is 0 Å². The van der Waals surface area contributed by atoms with Gasteiger partial charge in [-0.05, 0) is 50.8 Å². The van der Waals surface area contributed by atoms with Crippen LogP contribution in [0.5, 0.6) is 0 Å². The minimum absolute atomic E-state index is 0.0977. The minimum atomic E-state index is 0.0977. The van der Waals surface area contributed by atoms with Crippen LogP contribution in [-0.2, 0) is 13.0 Å². The number of hydrogen-bond donors (Lipinski definition) is 1. The fourth-order valence-electron chi connectivity index (χ4n) is 2.78. The quantitative estimate of drug-likeness (QED) is 0.890. The molecule has 2 heterocycles. The Hall–Kier alpha value is -1.09. The molecule has 1 aliphatic heterocycles. The van der Waals surface area contributed by atoms with Crippen molar-refractivity contribution >= 4 is 5.82 Å². The lowest BCUT2D eigenvalue weighted by Crippen LogP contribution is -2.38. The normalized spacial score (nSPS) is 18.3. The summed E-state index contributed by atoms with van der Waals surface area (Å²) in [5, 5.41) is 9.38. The van der Waals surface area contributed by atoms with Gasteiger partial charge in [0.2, 0.25) is 0 Å². The van der Waals surface area contributed by atoms with E-state index in [4.69, 9.17) is 4.98 Å². The largest absolute Gasteiger partial charge is 0.392 e. The molecule has 1 N–H and O–H groups in total. The van der Waals surface area contributed by atoms with Crippen molar-refractivity contribution in [2.24, 2.45) is 0 Å². The summed E-state index contributed by atoms with van der Waals surface area (Å²) in [7, 11) is 0. The number of aromatic nitrogens is 1. The van der Waals surface area contributed by atoms with E-state index >= 15 is 0 Å². The van der Waals surface area contributed by atoms with E-state index in [1.165, 1.54) is 12.8 Å². The van der Waals surface area contributed by atoms with Gasteiger partial charge in [0.15, 0.2) is 0 Å². The Morgan fingerprint density at radius 1 is 1.39 bits per heavy atom. The highest BCUT2D eigenvalue weighted by Crippen LogP contribution is 2.33. The molecule has 3 nitrogen and oxygen atoms in total. The van der Waals surface area contributed by atoms with Crippen molar-refractivity contribution in [2.75, 3.05) is 11.4 Å². The fourth-order valence-corrected chi connectivity index (χ4v) is 2.78. The lowest BCUT2D eigenvalue weighted by Gasteiger charge is -2.33. The van der Waals surface area contributed by atoms with Crippen molar-refractivity contribution in [3.05, 3.63) is 23.4 Å². The Morgan fingerprint density at radius 3 is 2.72 bits per heavy atom. The SMILES string of the molecule is CCCc1cc(CO)cc(N2CCCC2(C)C)n1. The zero-order valence-electron chi connectivity index (χ0n) is 11.7. The smallest absolute Gasteiger partial charge is 0.129 e. The molecule has 18 heavy (non-hydrogen) atoms. The molecule has 3 heteroatoms. The number of nitrogens with zero attached hydrogens (tertiary/aromatic N) is 2. The Morgan fingerprint density at radius 2 is 2.17 bits per heavy atom. The monoisotopic (exact) mass is 248 g/mol. The first-order valence-electron chi connectivity index (χ1n) is 6.95. The van der Waals surface area contributed by atoms with Crippen molar-refractivity contribution < 1.29 is 5.11 Å². The number of rotatable bonds is 4. The van der Waals surface area contributed by atoms with Crippen molar-refractivity contribution in [3.8, 4) is 0 Å². The molecule has 1 saturated heterocycles. The fraction of sp³-hybridized carbons (Fsp3) is 0.667. The van der Waals surface area contributed by atoms with Gasteiger partial charge in [-0.2, -0.15) is 0 Å². The predicted octanol–water partition coefficient (Wildman–Crippen LogP) is 2.91. The molecule has 0 aromatic carbocycles. The van der Waals surface area contributed by atoms with E-state index in [2.05, 4.69) is 25.7 Å². The molecule has 0 amide bonds. The molecule has 100 valence electrons. The predicted molar refractivity (Wildman–Crippen MR) is 74.8 cm³/mol. The first-order chi connectivity index (χ1) is 8.56. The van der Waals surface area contributed by atoms with Crippen LogP contribution in [0.3, 0.4) is 0 Å². The van der Waals surface area contributed by atoms with Crippen molar-refractivity contribution in [2.45, 2.75) is 58.6 Å². The van der Waals surface area contributed by atoms with Gasteiger partial charge in [-0.15, -0.1) is 0 Å². The average molecular weight is 248 g/mol. The average Bonchev–Trinajstić information content (AvgIpc) is 2.69. The summed E-state index contributed by atoms with van der Waals surface area (Å²) in [6.07, 6.45) is 4.50. The maximum atomic E-state index is 9.38. The van der Waals surface area contributed by atoms with Crippen LogP contribution in [0, 0.1) is 0 Å². The second-order valence-corrected chi connectivity index (χ2v) is 5.80. The summed E-state index contributed by atoms with van der Waals surface area (Å²) in [6, 6.07) is 4.06. The van der Waals surface area contributed by atoms with Gasteiger partial charge >= 0.3 is 0 Å². The molecule has 0 radical (unpaired) electrons. The van der Waals surface area contributed by atoms with Crippen LogP contribution in [0.2, 0.25) is 0 Å². The molecule has 0 saturated carbocycles. The molecule has 1 aromatic heterocycles. The molecule has 0 atom stereocenters. The summed E-state index contributed by atoms with van der Waals surface area (Å²) in [6.45, 7) is 7.87. The van der Waals surface area contributed by atoms with E-state index in [9.17, 15) is 5.11 Å². The molecule has 2 rings (SSSR count). The molecule has 0 spiro atoms. The number of aryl methyl sites for hydroxylation is 1. The third-order valence-corrected chi connectivity index (χ3v) is 3.79. The lowest BCUT2D eigenvalue weighted by atomic mass is 10.0. The van der Waals surface area contributed by atoms with E-state index in [1.54, 1.807) is 0 Å². The molecule has 0 bridgehead atoms. The highest BCUT2D eigenvalue weighted by molar-refractivity contribution is 5.46. The molecule has 0 unspecified atom stereocenters. The van der Waals surface area contributed by atoms with Gasteiger partial charge in [-0.3, -0.25) is 0 Å². The van der Waals surface area contributed by atoms with Crippen molar-refractivity contribution in [3.63, 3.8) is 0 Å². The molecular weight excluding hydrogens is 224 g/mol. The number of anilines is 1. The highest BCUT2D eigenvalue weighted by Gasteiger charge is 2.32. The molecule has 1 aromatic rings. The summed E-state index contributed by atoms with van der Waals surface area (Å²) in [4.78, 5) is 7.14. The summed E-state index contributed by atoms with van der Waals surface area (Å²) in [5.74, 6) is 1.03. The van der Waals surface area contributed by atoms with Crippen LogP contribution in [0.15, 0.2) is 12.1 Å². The Kier molecular flexibility index (Phi) is 3.91. The first kappa shape index (κ1) is 13.3. The second-order valence-electron chi connectivity index (χ2n) is 5.80. The van der Waals surface area contributed by atoms with Gasteiger partial charge in [0.05, 0.1) is 6.61 Å². The molecular formula is C15H24N2O. The maximum Gasteiger partial charge on any atom is 0.129 e. The van der Waals surface area contributed by atoms with E-state index in [1.807, 2.05) is 12.1 Å². The Balaban J connectivity index is 2.34. The van der Waals surface area contributed by atoms with Crippen LogP contribution in [0.1, 0.15) is 51.3 Å². The van der Waals surface area contributed by atoms with E-state index < -0.39 is 0 Å². The van der Waals surface area contributed by atoms with Crippen molar-refractivity contribution in [1.82, 2.24) is 4.98 Å². The zero-order chi connectivity index (χ0) is 13.2. The molecule has 0 aliphatic carbocycles. The molecule has 1 fully saturated rings. The topological polar surface area (TPSA) is 36.4 Å². The standard InChI is InChI=1S/C15H24N2O/c1-4-6-13-9-12(11-18)10-14(16-13)17-8-5-7-15(17,2)3/h9-10,18H,4-8,11H2,1-3H3. The maximum absolute atomic E-state index is 9.38. The van der Waals surface area contributed by atoms with Crippen LogP contribution < -0.4 is 4.90 Å². The van der Waals surface area contributed by atoms with Gasteiger partial charge < -0.3 is 10.0 Å². The number of hydrogen-bond acceptors (Lipinski definition) is 3. The lowest BCUT2D eigenvalue weighted by molar-refractivity contribution is 0.281. The third-order valence-electron chi connectivity index (χ3n) is 3.79. The van der Waals surface area contributed by atoms with Gasteiger partial charge in [0, 0.05) is 17.8 Å². The van der Waals surface area contributed by atoms with Crippen LogP contribution in [0.4, 0.5) is 5.82 Å². The summed E-state index contributed by atoms with van der Waals surface area (Å²) in [5.41, 5.74) is 2.26. The second kappa shape index (κ2) is 5.27. The van der Waals surface area contributed by atoms with E-state index in [0.29, 0.717) is 0 Å². The van der Waals surface area contributed by atoms with Crippen molar-refractivity contribution in [1.29, 1.82) is 0 Å². The van der Waals surface area contributed by atoms with Crippen LogP contribution in [-0.4, -0.2) is 22.2 Å². The Labute approximate surface area is 110 Å². The Bertz CT molecular complexity index is 415.